The van der Waals surface area contributed by atoms with Crippen molar-refractivity contribution in [1.82, 2.24) is 0 Å². The van der Waals surface area contributed by atoms with Crippen molar-refractivity contribution in [3.63, 3.8) is 0 Å². The van der Waals surface area contributed by atoms with Crippen LogP contribution < -0.4 is 0 Å². The Morgan fingerprint density at radius 2 is 1.64 bits per heavy atom. The van der Waals surface area contributed by atoms with E-state index in [2.05, 4.69) is 12.1 Å². The monoisotopic (exact) mass is 192 g/mol. The Morgan fingerprint density at radius 1 is 0.929 bits per heavy atom. The van der Waals surface area contributed by atoms with Crippen molar-refractivity contribution in [2.75, 3.05) is 0 Å². The quantitative estimate of drug-likeness (QED) is 0.710. The van der Waals surface area contributed by atoms with Crippen LogP contribution in [0.25, 0.3) is 0 Å². The van der Waals surface area contributed by atoms with Gasteiger partial charge >= 0.3 is 0 Å². The van der Waals surface area contributed by atoms with Gasteiger partial charge in [-0.25, -0.2) is 0 Å². The third-order valence-electron chi connectivity index (χ3n) is 3.05. The van der Waals surface area contributed by atoms with Gasteiger partial charge in [0.15, 0.2) is 0 Å². The molecule has 0 radical (unpaired) electrons. The average molecular weight is 192 g/mol. The molecule has 2 heteroatoms. The number of hydrogen-bond donors (Lipinski definition) is 2. The first kappa shape index (κ1) is 9.69. The highest BCUT2D eigenvalue weighted by Crippen LogP contribution is 2.32. The molecule has 1 fully saturated rings. The van der Waals surface area contributed by atoms with E-state index in [0.717, 1.165) is 6.42 Å². The summed E-state index contributed by atoms with van der Waals surface area (Å²) in [5.74, 6) is 0.412. The Balaban J connectivity index is 2.07. The maximum atomic E-state index is 9.56. The molecule has 0 aromatic heterocycles. The SMILES string of the molecule is O[C@@H]1CC[C@H](c2ccccc2)C[C@H]1O. The van der Waals surface area contributed by atoms with Gasteiger partial charge in [-0.2, -0.15) is 0 Å². The van der Waals surface area contributed by atoms with Crippen molar-refractivity contribution in [2.24, 2.45) is 0 Å². The van der Waals surface area contributed by atoms with E-state index in [9.17, 15) is 10.2 Å². The lowest BCUT2D eigenvalue weighted by molar-refractivity contribution is -0.0149. The van der Waals surface area contributed by atoms with E-state index in [4.69, 9.17) is 0 Å². The molecule has 14 heavy (non-hydrogen) atoms. The van der Waals surface area contributed by atoms with Crippen molar-refractivity contribution in [1.29, 1.82) is 0 Å². The third kappa shape index (κ3) is 1.97. The zero-order chi connectivity index (χ0) is 9.97. The first-order valence-corrected chi connectivity index (χ1v) is 5.18. The normalized spacial score (nSPS) is 32.9. The van der Waals surface area contributed by atoms with Gasteiger partial charge < -0.3 is 10.2 Å². The van der Waals surface area contributed by atoms with Gasteiger partial charge in [0.25, 0.3) is 0 Å². The zero-order valence-electron chi connectivity index (χ0n) is 8.13. The van der Waals surface area contributed by atoms with Crippen LogP contribution in [0.5, 0.6) is 0 Å². The summed E-state index contributed by atoms with van der Waals surface area (Å²) in [6.45, 7) is 0. The second-order valence-corrected chi connectivity index (χ2v) is 4.06. The van der Waals surface area contributed by atoms with E-state index >= 15 is 0 Å². The van der Waals surface area contributed by atoms with Crippen molar-refractivity contribution in [3.05, 3.63) is 35.9 Å². The third-order valence-corrected chi connectivity index (χ3v) is 3.05. The molecule has 1 aliphatic rings. The molecular weight excluding hydrogens is 176 g/mol. The summed E-state index contributed by atoms with van der Waals surface area (Å²) in [5, 5.41) is 19.0. The largest absolute Gasteiger partial charge is 0.390 e. The highest BCUT2D eigenvalue weighted by Gasteiger charge is 2.27. The number of hydrogen-bond acceptors (Lipinski definition) is 2. The molecular formula is C12H16O2. The van der Waals surface area contributed by atoms with Crippen LogP contribution in [-0.4, -0.2) is 22.4 Å². The molecule has 3 atom stereocenters. The standard InChI is InChI=1S/C12H16O2/c13-11-7-6-10(8-12(11)14)9-4-2-1-3-5-9/h1-5,10-14H,6-8H2/t10-,11+,12+/m0/s1. The predicted octanol–water partition coefficient (Wildman–Crippen LogP) is 1.68. The molecule has 2 N–H and O–H groups in total. The molecule has 0 saturated heterocycles. The minimum Gasteiger partial charge on any atom is -0.390 e. The second kappa shape index (κ2) is 4.11. The van der Waals surface area contributed by atoms with E-state index < -0.39 is 12.2 Å². The Labute approximate surface area is 84.2 Å². The van der Waals surface area contributed by atoms with E-state index in [0.29, 0.717) is 18.8 Å². The first-order valence-electron chi connectivity index (χ1n) is 5.18. The molecule has 0 aliphatic heterocycles. The topological polar surface area (TPSA) is 40.5 Å². The van der Waals surface area contributed by atoms with Crippen LogP contribution in [-0.2, 0) is 0 Å². The lowest BCUT2D eigenvalue weighted by atomic mass is 9.81. The number of rotatable bonds is 1. The molecule has 0 amide bonds. The fourth-order valence-electron chi connectivity index (χ4n) is 2.16. The summed E-state index contributed by atoms with van der Waals surface area (Å²) in [6.07, 6.45) is 1.30. The maximum absolute atomic E-state index is 9.56. The highest BCUT2D eigenvalue weighted by molar-refractivity contribution is 5.20. The molecule has 2 rings (SSSR count). The number of benzene rings is 1. The van der Waals surface area contributed by atoms with E-state index in [1.807, 2.05) is 18.2 Å². The fraction of sp³-hybridized carbons (Fsp3) is 0.500. The lowest BCUT2D eigenvalue weighted by Gasteiger charge is -2.30. The zero-order valence-corrected chi connectivity index (χ0v) is 8.13. The van der Waals surface area contributed by atoms with Gasteiger partial charge in [0.05, 0.1) is 12.2 Å². The van der Waals surface area contributed by atoms with Gasteiger partial charge in [-0.3, -0.25) is 0 Å². The van der Waals surface area contributed by atoms with Crippen molar-refractivity contribution in [3.8, 4) is 0 Å². The Hall–Kier alpha value is -0.860. The minimum atomic E-state index is -0.547. The average Bonchev–Trinajstić information content (AvgIpc) is 2.23. The van der Waals surface area contributed by atoms with Crippen LogP contribution in [0.4, 0.5) is 0 Å². The smallest absolute Gasteiger partial charge is 0.0804 e. The Kier molecular flexibility index (Phi) is 2.85. The van der Waals surface area contributed by atoms with Gasteiger partial charge in [-0.05, 0) is 30.7 Å². The molecule has 0 unspecified atom stereocenters. The molecule has 1 aromatic carbocycles. The molecule has 2 nitrogen and oxygen atoms in total. The van der Waals surface area contributed by atoms with Gasteiger partial charge in [-0.15, -0.1) is 0 Å². The van der Waals surface area contributed by atoms with Gasteiger partial charge in [0.1, 0.15) is 0 Å². The van der Waals surface area contributed by atoms with Crippen LogP contribution in [0, 0.1) is 0 Å². The van der Waals surface area contributed by atoms with Gasteiger partial charge in [0, 0.05) is 0 Å². The summed E-state index contributed by atoms with van der Waals surface area (Å²) in [7, 11) is 0. The van der Waals surface area contributed by atoms with Crippen LogP contribution >= 0.6 is 0 Å². The predicted molar refractivity (Wildman–Crippen MR) is 55.0 cm³/mol. The van der Waals surface area contributed by atoms with Crippen LogP contribution in [0.1, 0.15) is 30.7 Å². The van der Waals surface area contributed by atoms with Gasteiger partial charge in [-0.1, -0.05) is 30.3 Å². The molecule has 0 spiro atoms. The summed E-state index contributed by atoms with van der Waals surface area (Å²) >= 11 is 0. The second-order valence-electron chi connectivity index (χ2n) is 4.06. The van der Waals surface area contributed by atoms with E-state index in [-0.39, 0.29) is 0 Å². The minimum absolute atomic E-state index is 0.412. The summed E-state index contributed by atoms with van der Waals surface area (Å²) in [5.41, 5.74) is 1.28. The van der Waals surface area contributed by atoms with Crippen LogP contribution in [0.15, 0.2) is 30.3 Å². The molecule has 0 bridgehead atoms. The fourth-order valence-corrected chi connectivity index (χ4v) is 2.16. The van der Waals surface area contributed by atoms with Crippen molar-refractivity contribution in [2.45, 2.75) is 37.4 Å². The van der Waals surface area contributed by atoms with Gasteiger partial charge in [0.2, 0.25) is 0 Å². The molecule has 76 valence electrons. The van der Waals surface area contributed by atoms with Crippen LogP contribution in [0.3, 0.4) is 0 Å². The molecule has 1 saturated carbocycles. The van der Waals surface area contributed by atoms with E-state index in [1.165, 1.54) is 5.56 Å². The molecule has 1 aromatic rings. The van der Waals surface area contributed by atoms with Crippen molar-refractivity contribution < 1.29 is 10.2 Å². The maximum Gasteiger partial charge on any atom is 0.0804 e. The molecule has 1 aliphatic carbocycles. The highest BCUT2D eigenvalue weighted by atomic mass is 16.3. The summed E-state index contributed by atoms with van der Waals surface area (Å²) in [4.78, 5) is 0. The summed E-state index contributed by atoms with van der Waals surface area (Å²) in [6, 6.07) is 10.2. The Bertz CT molecular complexity index is 284. The first-order chi connectivity index (χ1) is 6.77. The number of aliphatic hydroxyl groups is 2. The van der Waals surface area contributed by atoms with E-state index in [1.54, 1.807) is 0 Å². The Morgan fingerprint density at radius 3 is 2.29 bits per heavy atom. The van der Waals surface area contributed by atoms with Crippen LogP contribution in [0.2, 0.25) is 0 Å². The molecule has 0 heterocycles. The number of aliphatic hydroxyl groups excluding tert-OH is 2. The summed E-state index contributed by atoms with van der Waals surface area (Å²) < 4.78 is 0. The lowest BCUT2D eigenvalue weighted by Crippen LogP contribution is -2.32. The van der Waals surface area contributed by atoms with Crippen molar-refractivity contribution >= 4 is 0 Å².